The Balaban J connectivity index is 1.87. The molecule has 0 unspecified atom stereocenters. The van der Waals surface area contributed by atoms with Crippen molar-refractivity contribution in [3.05, 3.63) is 65.4 Å². The van der Waals surface area contributed by atoms with Crippen molar-refractivity contribution in [1.82, 2.24) is 4.90 Å². The average molecular weight is 437 g/mol. The minimum atomic E-state index is -0.318. The monoisotopic (exact) mass is 436 g/mol. The van der Waals surface area contributed by atoms with Crippen LogP contribution in [0.2, 0.25) is 0 Å². The Bertz CT molecular complexity index is 962. The van der Waals surface area contributed by atoms with Crippen molar-refractivity contribution in [2.45, 2.75) is 46.6 Å². The molecule has 2 aromatic rings. The number of hydrogen-bond donors (Lipinski definition) is 1. The molecule has 1 aliphatic rings. The maximum atomic E-state index is 13.3. The molecule has 0 radical (unpaired) electrons. The zero-order valence-electron chi connectivity index (χ0n) is 19.3. The normalized spacial score (nSPS) is 14.0. The van der Waals surface area contributed by atoms with Crippen LogP contribution in [-0.2, 0) is 14.3 Å². The number of imide groups is 1. The number of rotatable bonds is 11. The second-order valence-electron chi connectivity index (χ2n) is 8.15. The van der Waals surface area contributed by atoms with E-state index in [1.165, 1.54) is 4.90 Å². The van der Waals surface area contributed by atoms with Gasteiger partial charge < -0.3 is 14.8 Å². The number of anilines is 1. The SMILES string of the molecule is CCCOc1ccc(C2=C(Nc3ccc(C)cc3)C(=O)N(CCCOC(C)C)C2=O)cc1. The maximum absolute atomic E-state index is 13.3. The summed E-state index contributed by atoms with van der Waals surface area (Å²) >= 11 is 0. The van der Waals surface area contributed by atoms with Crippen LogP contribution in [0.4, 0.5) is 5.69 Å². The van der Waals surface area contributed by atoms with Gasteiger partial charge in [-0.2, -0.15) is 0 Å². The van der Waals surface area contributed by atoms with Gasteiger partial charge in [0.2, 0.25) is 0 Å². The highest BCUT2D eigenvalue weighted by atomic mass is 16.5. The fraction of sp³-hybridized carbons (Fsp3) is 0.385. The van der Waals surface area contributed by atoms with Crippen LogP contribution in [0.1, 0.15) is 44.7 Å². The van der Waals surface area contributed by atoms with Gasteiger partial charge in [0.05, 0.1) is 18.3 Å². The molecule has 2 amide bonds. The first-order chi connectivity index (χ1) is 15.4. The van der Waals surface area contributed by atoms with E-state index in [2.05, 4.69) is 5.32 Å². The van der Waals surface area contributed by atoms with Gasteiger partial charge in [0.1, 0.15) is 11.4 Å². The molecule has 1 N–H and O–H groups in total. The molecule has 6 heteroatoms. The lowest BCUT2D eigenvalue weighted by atomic mass is 10.0. The molecule has 0 spiro atoms. The molecule has 0 saturated carbocycles. The van der Waals surface area contributed by atoms with Crippen LogP contribution in [0.25, 0.3) is 5.57 Å². The summed E-state index contributed by atoms with van der Waals surface area (Å²) in [6.45, 7) is 9.41. The van der Waals surface area contributed by atoms with Crippen molar-refractivity contribution in [2.24, 2.45) is 0 Å². The molecule has 0 saturated heterocycles. The van der Waals surface area contributed by atoms with Crippen LogP contribution >= 0.6 is 0 Å². The minimum absolute atomic E-state index is 0.112. The van der Waals surface area contributed by atoms with Crippen LogP contribution in [0.3, 0.4) is 0 Å². The second kappa shape index (κ2) is 11.0. The molecular formula is C26H32N2O4. The molecule has 0 aromatic heterocycles. The van der Waals surface area contributed by atoms with Gasteiger partial charge in [0.15, 0.2) is 0 Å². The van der Waals surface area contributed by atoms with Crippen LogP contribution < -0.4 is 10.1 Å². The third-order valence-corrected chi connectivity index (χ3v) is 5.08. The van der Waals surface area contributed by atoms with Crippen molar-refractivity contribution in [3.63, 3.8) is 0 Å². The molecular weight excluding hydrogens is 404 g/mol. The summed E-state index contributed by atoms with van der Waals surface area (Å²) in [5.74, 6) is 0.126. The molecule has 6 nitrogen and oxygen atoms in total. The number of nitrogens with one attached hydrogen (secondary N) is 1. The summed E-state index contributed by atoms with van der Waals surface area (Å²) in [5, 5.41) is 3.19. The van der Waals surface area contributed by atoms with Crippen LogP contribution in [-0.4, -0.2) is 42.6 Å². The zero-order valence-corrected chi connectivity index (χ0v) is 19.3. The first-order valence-corrected chi connectivity index (χ1v) is 11.2. The smallest absolute Gasteiger partial charge is 0.278 e. The van der Waals surface area contributed by atoms with Crippen molar-refractivity contribution < 1.29 is 19.1 Å². The predicted molar refractivity (Wildman–Crippen MR) is 126 cm³/mol. The van der Waals surface area contributed by atoms with Crippen molar-refractivity contribution in [1.29, 1.82) is 0 Å². The molecule has 32 heavy (non-hydrogen) atoms. The number of nitrogens with zero attached hydrogens (tertiary/aromatic N) is 1. The van der Waals surface area contributed by atoms with E-state index in [4.69, 9.17) is 9.47 Å². The number of carbonyl (C=O) groups excluding carboxylic acids is 2. The minimum Gasteiger partial charge on any atom is -0.494 e. The van der Waals surface area contributed by atoms with E-state index in [9.17, 15) is 9.59 Å². The third kappa shape index (κ3) is 5.77. The molecule has 2 aromatic carbocycles. The maximum Gasteiger partial charge on any atom is 0.278 e. The van der Waals surface area contributed by atoms with E-state index >= 15 is 0 Å². The Morgan fingerprint density at radius 3 is 2.25 bits per heavy atom. The van der Waals surface area contributed by atoms with E-state index in [1.54, 1.807) is 0 Å². The number of amides is 2. The van der Waals surface area contributed by atoms with Gasteiger partial charge in [-0.15, -0.1) is 0 Å². The first kappa shape index (κ1) is 23.5. The lowest BCUT2D eigenvalue weighted by molar-refractivity contribution is -0.137. The Hall–Kier alpha value is -3.12. The summed E-state index contributed by atoms with van der Waals surface area (Å²) in [4.78, 5) is 27.8. The van der Waals surface area contributed by atoms with Gasteiger partial charge in [-0.05, 0) is 63.4 Å². The van der Waals surface area contributed by atoms with E-state index in [-0.39, 0.29) is 17.9 Å². The van der Waals surface area contributed by atoms with Crippen LogP contribution in [0, 0.1) is 6.92 Å². The highest BCUT2D eigenvalue weighted by molar-refractivity contribution is 6.36. The topological polar surface area (TPSA) is 67.9 Å². The predicted octanol–water partition coefficient (Wildman–Crippen LogP) is 4.79. The number of benzene rings is 2. The Morgan fingerprint density at radius 2 is 1.62 bits per heavy atom. The average Bonchev–Trinajstić information content (AvgIpc) is 3.01. The van der Waals surface area contributed by atoms with Crippen LogP contribution in [0.15, 0.2) is 54.2 Å². The summed E-state index contributed by atoms with van der Waals surface area (Å²) in [6, 6.07) is 15.0. The summed E-state index contributed by atoms with van der Waals surface area (Å²) in [6.07, 6.45) is 1.62. The lowest BCUT2D eigenvalue weighted by Crippen LogP contribution is -2.34. The van der Waals surface area contributed by atoms with Crippen molar-refractivity contribution >= 4 is 23.1 Å². The highest BCUT2D eigenvalue weighted by Crippen LogP contribution is 2.31. The standard InChI is InChI=1S/C26H32N2O4/c1-5-16-32-22-13-9-20(10-14-22)23-24(27-21-11-7-19(4)8-12-21)26(30)28(25(23)29)15-6-17-31-18(2)3/h7-14,18,27H,5-6,15-17H2,1-4H3. The van der Waals surface area contributed by atoms with Gasteiger partial charge in [0.25, 0.3) is 11.8 Å². The van der Waals surface area contributed by atoms with Gasteiger partial charge >= 0.3 is 0 Å². The number of carbonyl (C=O) groups is 2. The fourth-order valence-electron chi connectivity index (χ4n) is 3.42. The lowest BCUT2D eigenvalue weighted by Gasteiger charge is -2.16. The number of aryl methyl sites for hydroxylation is 1. The molecule has 0 fully saturated rings. The van der Waals surface area contributed by atoms with Gasteiger partial charge in [-0.1, -0.05) is 36.8 Å². The Kier molecular flexibility index (Phi) is 8.06. The number of hydrogen-bond acceptors (Lipinski definition) is 5. The quantitative estimate of drug-likeness (QED) is 0.405. The first-order valence-electron chi connectivity index (χ1n) is 11.2. The molecule has 1 heterocycles. The molecule has 0 atom stereocenters. The zero-order chi connectivity index (χ0) is 23.1. The largest absolute Gasteiger partial charge is 0.494 e. The molecule has 0 aliphatic carbocycles. The Morgan fingerprint density at radius 1 is 0.938 bits per heavy atom. The van der Waals surface area contributed by atoms with E-state index in [0.29, 0.717) is 43.0 Å². The van der Waals surface area contributed by atoms with Gasteiger partial charge in [-0.25, -0.2) is 0 Å². The van der Waals surface area contributed by atoms with Crippen LogP contribution in [0.5, 0.6) is 5.75 Å². The van der Waals surface area contributed by atoms with Gasteiger partial charge in [0, 0.05) is 18.8 Å². The molecule has 0 bridgehead atoms. The summed E-state index contributed by atoms with van der Waals surface area (Å²) < 4.78 is 11.2. The van der Waals surface area contributed by atoms with Gasteiger partial charge in [-0.3, -0.25) is 14.5 Å². The fourth-order valence-corrected chi connectivity index (χ4v) is 3.42. The van der Waals surface area contributed by atoms with E-state index in [1.807, 2.05) is 76.2 Å². The van der Waals surface area contributed by atoms with E-state index in [0.717, 1.165) is 23.4 Å². The summed E-state index contributed by atoms with van der Waals surface area (Å²) in [5.41, 5.74) is 3.24. The molecule has 170 valence electrons. The molecule has 3 rings (SSSR count). The Labute approximate surface area is 190 Å². The third-order valence-electron chi connectivity index (χ3n) is 5.08. The highest BCUT2D eigenvalue weighted by Gasteiger charge is 2.38. The summed E-state index contributed by atoms with van der Waals surface area (Å²) in [7, 11) is 0. The second-order valence-corrected chi connectivity index (χ2v) is 8.15. The van der Waals surface area contributed by atoms with Crippen molar-refractivity contribution in [3.8, 4) is 5.75 Å². The van der Waals surface area contributed by atoms with Crippen molar-refractivity contribution in [2.75, 3.05) is 25.1 Å². The van der Waals surface area contributed by atoms with E-state index < -0.39 is 0 Å². The number of ether oxygens (including phenoxy) is 2. The molecule has 1 aliphatic heterocycles.